The Labute approximate surface area is 72.0 Å². The van der Waals surface area contributed by atoms with Crippen molar-refractivity contribution >= 4 is 5.69 Å². The van der Waals surface area contributed by atoms with E-state index in [0.29, 0.717) is 6.54 Å². The molecule has 3 heteroatoms. The normalized spacial score (nSPS) is 21.2. The SMILES string of the molecule is [NH]CC1NCc2ccccc2N1. The summed E-state index contributed by atoms with van der Waals surface area (Å²) in [7, 11) is 0. The molecule has 1 aliphatic heterocycles. The molecule has 0 spiro atoms. The van der Waals surface area contributed by atoms with E-state index >= 15 is 0 Å². The molecule has 1 aromatic rings. The molecule has 0 fully saturated rings. The fraction of sp³-hybridized carbons (Fsp3) is 0.333. The van der Waals surface area contributed by atoms with Gasteiger partial charge in [0.05, 0.1) is 6.17 Å². The Morgan fingerprint density at radius 2 is 2.25 bits per heavy atom. The molecule has 0 saturated heterocycles. The van der Waals surface area contributed by atoms with Gasteiger partial charge in [-0.3, -0.25) is 11.1 Å². The topological polar surface area (TPSA) is 47.9 Å². The number of anilines is 1. The van der Waals surface area contributed by atoms with Crippen molar-refractivity contribution < 1.29 is 0 Å². The van der Waals surface area contributed by atoms with Crippen LogP contribution in [0.2, 0.25) is 0 Å². The first kappa shape index (κ1) is 7.58. The van der Waals surface area contributed by atoms with Gasteiger partial charge < -0.3 is 5.32 Å². The summed E-state index contributed by atoms with van der Waals surface area (Å²) >= 11 is 0. The number of nitrogens with one attached hydrogen (secondary N) is 3. The quantitative estimate of drug-likeness (QED) is 0.642. The van der Waals surface area contributed by atoms with Gasteiger partial charge >= 0.3 is 0 Å². The van der Waals surface area contributed by atoms with Crippen LogP contribution in [0.1, 0.15) is 5.56 Å². The van der Waals surface area contributed by atoms with Gasteiger partial charge in [-0.05, 0) is 11.6 Å². The highest BCUT2D eigenvalue weighted by molar-refractivity contribution is 5.53. The maximum Gasteiger partial charge on any atom is 0.0912 e. The molecule has 0 amide bonds. The first-order valence-corrected chi connectivity index (χ1v) is 4.12. The molecule has 0 aliphatic carbocycles. The molecule has 0 saturated carbocycles. The van der Waals surface area contributed by atoms with E-state index < -0.39 is 0 Å². The maximum atomic E-state index is 7.21. The van der Waals surface area contributed by atoms with Crippen LogP contribution >= 0.6 is 0 Å². The van der Waals surface area contributed by atoms with Gasteiger partial charge in [-0.2, -0.15) is 0 Å². The highest BCUT2D eigenvalue weighted by Crippen LogP contribution is 2.18. The van der Waals surface area contributed by atoms with E-state index in [4.69, 9.17) is 5.73 Å². The van der Waals surface area contributed by atoms with Crippen molar-refractivity contribution in [2.24, 2.45) is 0 Å². The van der Waals surface area contributed by atoms with Crippen molar-refractivity contribution in [3.8, 4) is 0 Å². The molecule has 1 aromatic carbocycles. The molecule has 0 bridgehead atoms. The minimum absolute atomic E-state index is 0.111. The second-order valence-corrected chi connectivity index (χ2v) is 2.94. The second kappa shape index (κ2) is 3.13. The molecule has 1 heterocycles. The predicted octanol–water partition coefficient (Wildman–Crippen LogP) is 0.811. The van der Waals surface area contributed by atoms with E-state index in [1.165, 1.54) is 5.56 Å². The lowest BCUT2D eigenvalue weighted by molar-refractivity contribution is 0.544. The third kappa shape index (κ3) is 1.29. The van der Waals surface area contributed by atoms with Crippen LogP contribution in [0.5, 0.6) is 0 Å². The van der Waals surface area contributed by atoms with E-state index in [1.807, 2.05) is 12.1 Å². The van der Waals surface area contributed by atoms with Gasteiger partial charge in [0.25, 0.3) is 0 Å². The van der Waals surface area contributed by atoms with E-state index in [9.17, 15) is 0 Å². The van der Waals surface area contributed by atoms with Crippen molar-refractivity contribution in [2.75, 3.05) is 11.9 Å². The lowest BCUT2D eigenvalue weighted by Gasteiger charge is -2.26. The second-order valence-electron chi connectivity index (χ2n) is 2.94. The summed E-state index contributed by atoms with van der Waals surface area (Å²) in [6.45, 7) is 1.24. The highest BCUT2D eigenvalue weighted by Gasteiger charge is 2.13. The van der Waals surface area contributed by atoms with Crippen molar-refractivity contribution in [3.05, 3.63) is 29.8 Å². The highest BCUT2D eigenvalue weighted by atomic mass is 15.2. The molecule has 3 nitrogen and oxygen atoms in total. The first-order chi connectivity index (χ1) is 5.90. The summed E-state index contributed by atoms with van der Waals surface area (Å²) in [6.07, 6.45) is 0.111. The van der Waals surface area contributed by atoms with Gasteiger partial charge in [-0.15, -0.1) is 0 Å². The zero-order valence-corrected chi connectivity index (χ0v) is 6.80. The average Bonchev–Trinajstić information content (AvgIpc) is 2.17. The van der Waals surface area contributed by atoms with E-state index in [-0.39, 0.29) is 6.17 Å². The van der Waals surface area contributed by atoms with Gasteiger partial charge in [-0.25, -0.2) is 0 Å². The smallest absolute Gasteiger partial charge is 0.0912 e. The predicted molar refractivity (Wildman–Crippen MR) is 48.7 cm³/mol. The van der Waals surface area contributed by atoms with Crippen molar-refractivity contribution in [2.45, 2.75) is 12.7 Å². The van der Waals surface area contributed by atoms with Crippen molar-refractivity contribution in [1.82, 2.24) is 11.1 Å². The van der Waals surface area contributed by atoms with Crippen LogP contribution in [0.4, 0.5) is 5.69 Å². The summed E-state index contributed by atoms with van der Waals surface area (Å²) < 4.78 is 0. The molecule has 1 unspecified atom stereocenters. The molecular weight excluding hydrogens is 150 g/mol. The Morgan fingerprint density at radius 1 is 1.42 bits per heavy atom. The monoisotopic (exact) mass is 162 g/mol. The van der Waals surface area contributed by atoms with Crippen LogP contribution < -0.4 is 16.4 Å². The molecule has 1 atom stereocenters. The van der Waals surface area contributed by atoms with E-state index in [1.54, 1.807) is 0 Å². The van der Waals surface area contributed by atoms with Crippen molar-refractivity contribution in [3.63, 3.8) is 0 Å². The number of para-hydroxylation sites is 1. The van der Waals surface area contributed by atoms with Gasteiger partial charge in [0.1, 0.15) is 0 Å². The minimum Gasteiger partial charge on any atom is -0.368 e. The van der Waals surface area contributed by atoms with Gasteiger partial charge in [-0.1, -0.05) is 18.2 Å². The molecule has 12 heavy (non-hydrogen) atoms. The van der Waals surface area contributed by atoms with E-state index in [2.05, 4.69) is 22.8 Å². The first-order valence-electron chi connectivity index (χ1n) is 4.12. The summed E-state index contributed by atoms with van der Waals surface area (Å²) in [4.78, 5) is 0. The lowest BCUT2D eigenvalue weighted by atomic mass is 10.1. The molecule has 3 N–H and O–H groups in total. The molecular formula is C9H12N3. The van der Waals surface area contributed by atoms with Gasteiger partial charge in [0.2, 0.25) is 0 Å². The third-order valence-electron chi connectivity index (χ3n) is 2.09. The Morgan fingerprint density at radius 3 is 3.08 bits per heavy atom. The Hall–Kier alpha value is -1.06. The zero-order valence-electron chi connectivity index (χ0n) is 6.80. The number of rotatable bonds is 1. The van der Waals surface area contributed by atoms with Crippen LogP contribution in [0.15, 0.2) is 24.3 Å². The fourth-order valence-corrected chi connectivity index (χ4v) is 1.41. The summed E-state index contributed by atoms with van der Waals surface area (Å²) in [5, 5.41) is 6.47. The van der Waals surface area contributed by atoms with Crippen LogP contribution in [0.3, 0.4) is 0 Å². The molecule has 1 radical (unpaired) electrons. The average molecular weight is 162 g/mol. The molecule has 1 aliphatic rings. The minimum atomic E-state index is 0.111. The Kier molecular flexibility index (Phi) is 1.98. The van der Waals surface area contributed by atoms with Crippen molar-refractivity contribution in [1.29, 1.82) is 0 Å². The number of hydrogen-bond donors (Lipinski definition) is 2. The standard InChI is InChI=1S/C9H12N3/c10-5-9-11-6-7-3-1-2-4-8(7)12-9/h1-4,9-12H,5-6H2. The number of benzene rings is 1. The van der Waals surface area contributed by atoms with Gasteiger partial charge in [0.15, 0.2) is 0 Å². The fourth-order valence-electron chi connectivity index (χ4n) is 1.41. The summed E-state index contributed by atoms with van der Waals surface area (Å²) in [6, 6.07) is 8.19. The molecule has 63 valence electrons. The van der Waals surface area contributed by atoms with Crippen LogP contribution in [0, 0.1) is 0 Å². The van der Waals surface area contributed by atoms with Crippen LogP contribution in [-0.2, 0) is 6.54 Å². The number of fused-ring (bicyclic) bond motifs is 1. The lowest BCUT2D eigenvalue weighted by Crippen LogP contribution is -2.42. The third-order valence-corrected chi connectivity index (χ3v) is 2.09. The largest absolute Gasteiger partial charge is 0.368 e. The Bertz CT molecular complexity index is 272. The zero-order chi connectivity index (χ0) is 8.39. The van der Waals surface area contributed by atoms with E-state index in [0.717, 1.165) is 12.2 Å². The summed E-state index contributed by atoms with van der Waals surface area (Å²) in [5.74, 6) is 0. The Balaban J connectivity index is 2.23. The molecule has 0 aromatic heterocycles. The van der Waals surface area contributed by atoms with Crippen LogP contribution in [0.25, 0.3) is 0 Å². The molecule has 2 rings (SSSR count). The van der Waals surface area contributed by atoms with Gasteiger partial charge in [0, 0.05) is 18.8 Å². The maximum absolute atomic E-state index is 7.21. The summed E-state index contributed by atoms with van der Waals surface area (Å²) in [5.41, 5.74) is 9.65. The van der Waals surface area contributed by atoms with Crippen LogP contribution in [-0.4, -0.2) is 12.7 Å². The number of hydrogen-bond acceptors (Lipinski definition) is 2.